The van der Waals surface area contributed by atoms with Gasteiger partial charge in [-0.25, -0.2) is 9.97 Å². The van der Waals surface area contributed by atoms with E-state index in [9.17, 15) is 0 Å². The van der Waals surface area contributed by atoms with Crippen molar-refractivity contribution >= 4 is 0 Å². The van der Waals surface area contributed by atoms with Crippen molar-refractivity contribution in [3.8, 4) is 0 Å². The molecular formula is C11H14N2. The van der Waals surface area contributed by atoms with Crippen molar-refractivity contribution in [1.82, 2.24) is 9.97 Å². The summed E-state index contributed by atoms with van der Waals surface area (Å²) in [4.78, 5) is 9.04. The zero-order valence-electron chi connectivity index (χ0n) is 8.17. The van der Waals surface area contributed by atoms with Crippen molar-refractivity contribution in [2.45, 2.75) is 44.9 Å². The Bertz CT molecular complexity index is 371. The van der Waals surface area contributed by atoms with Crippen molar-refractivity contribution in [3.63, 3.8) is 0 Å². The minimum absolute atomic E-state index is 0.764. The topological polar surface area (TPSA) is 25.8 Å². The number of nitrogens with zero attached hydrogens (tertiary/aromatic N) is 2. The molecular weight excluding hydrogens is 160 g/mol. The van der Waals surface area contributed by atoms with E-state index in [1.54, 1.807) is 0 Å². The van der Waals surface area contributed by atoms with Crippen molar-refractivity contribution in [2.24, 2.45) is 0 Å². The lowest BCUT2D eigenvalue weighted by molar-refractivity contribution is 0.680. The molecule has 0 aromatic carbocycles. The van der Waals surface area contributed by atoms with Gasteiger partial charge in [-0.05, 0) is 44.6 Å². The molecule has 2 bridgehead atoms. The van der Waals surface area contributed by atoms with Crippen molar-refractivity contribution in [2.75, 3.05) is 0 Å². The maximum absolute atomic E-state index is 4.59. The number of hydrogen-bond donors (Lipinski definition) is 0. The normalized spacial score (nSPS) is 29.4. The van der Waals surface area contributed by atoms with E-state index in [1.165, 1.54) is 36.2 Å². The van der Waals surface area contributed by atoms with Crippen LogP contribution in [0.3, 0.4) is 0 Å². The largest absolute Gasteiger partial charge is 0.238 e. The number of aryl methyl sites for hydroxylation is 2. The third-order valence-electron chi connectivity index (χ3n) is 3.51. The van der Waals surface area contributed by atoms with Gasteiger partial charge in [0.15, 0.2) is 0 Å². The molecule has 2 nitrogen and oxygen atoms in total. The summed E-state index contributed by atoms with van der Waals surface area (Å²) in [5.74, 6) is 2.50. The van der Waals surface area contributed by atoms with Crippen molar-refractivity contribution < 1.29 is 0 Å². The molecule has 0 aliphatic heterocycles. The average molecular weight is 174 g/mol. The lowest BCUT2D eigenvalue weighted by atomic mass is 9.95. The molecule has 0 saturated heterocycles. The molecule has 2 aliphatic rings. The third-order valence-corrected chi connectivity index (χ3v) is 3.51. The fourth-order valence-electron chi connectivity index (χ4n) is 3.06. The highest BCUT2D eigenvalue weighted by Gasteiger charge is 2.39. The van der Waals surface area contributed by atoms with Crippen LogP contribution in [0.1, 0.15) is 53.9 Å². The molecule has 1 aromatic heterocycles. The van der Waals surface area contributed by atoms with Gasteiger partial charge in [0, 0.05) is 11.6 Å². The van der Waals surface area contributed by atoms with Gasteiger partial charge in [0.25, 0.3) is 0 Å². The molecule has 1 aromatic rings. The smallest absolute Gasteiger partial charge is 0.125 e. The van der Waals surface area contributed by atoms with Crippen molar-refractivity contribution in [1.29, 1.82) is 0 Å². The van der Waals surface area contributed by atoms with E-state index in [0.717, 1.165) is 17.7 Å². The molecule has 1 saturated carbocycles. The highest BCUT2D eigenvalue weighted by molar-refractivity contribution is 5.39. The summed E-state index contributed by atoms with van der Waals surface area (Å²) in [5, 5.41) is 0. The quantitative estimate of drug-likeness (QED) is 0.603. The van der Waals surface area contributed by atoms with Gasteiger partial charge in [0.2, 0.25) is 0 Å². The van der Waals surface area contributed by atoms with Crippen LogP contribution in [0.15, 0.2) is 0 Å². The minimum atomic E-state index is 0.764. The van der Waals surface area contributed by atoms with Gasteiger partial charge in [-0.15, -0.1) is 0 Å². The summed E-state index contributed by atoms with van der Waals surface area (Å²) in [6, 6.07) is 0. The molecule has 68 valence electrons. The summed E-state index contributed by atoms with van der Waals surface area (Å²) in [7, 11) is 0. The monoisotopic (exact) mass is 174 g/mol. The van der Waals surface area contributed by atoms with Crippen LogP contribution >= 0.6 is 0 Å². The Kier molecular flexibility index (Phi) is 1.33. The Hall–Kier alpha value is -0.920. The molecule has 0 N–H and O–H groups in total. The molecule has 0 unspecified atom stereocenters. The maximum Gasteiger partial charge on any atom is 0.125 e. The van der Waals surface area contributed by atoms with Crippen LogP contribution in [-0.2, 0) is 0 Å². The number of fused-ring (bicyclic) bond motifs is 5. The SMILES string of the molecule is Cc1nc(C)c2c(n1)[C@@H]1CC[C@H]2C1. The Morgan fingerprint density at radius 2 is 1.85 bits per heavy atom. The molecule has 1 heterocycles. The molecule has 2 atom stereocenters. The molecule has 2 heteroatoms. The summed E-state index contributed by atoms with van der Waals surface area (Å²) < 4.78 is 0. The highest BCUT2D eigenvalue weighted by atomic mass is 14.9. The van der Waals surface area contributed by atoms with Crippen LogP contribution < -0.4 is 0 Å². The average Bonchev–Trinajstić information content (AvgIpc) is 2.62. The van der Waals surface area contributed by atoms with Gasteiger partial charge in [0.05, 0.1) is 5.69 Å². The molecule has 0 spiro atoms. The van der Waals surface area contributed by atoms with Gasteiger partial charge < -0.3 is 0 Å². The second-order valence-electron chi connectivity index (χ2n) is 4.36. The number of aromatic nitrogens is 2. The highest BCUT2D eigenvalue weighted by Crippen LogP contribution is 2.52. The van der Waals surface area contributed by atoms with Crippen LogP contribution in [0.25, 0.3) is 0 Å². The van der Waals surface area contributed by atoms with E-state index in [2.05, 4.69) is 16.9 Å². The zero-order valence-corrected chi connectivity index (χ0v) is 8.17. The number of rotatable bonds is 0. The predicted molar refractivity (Wildman–Crippen MR) is 50.8 cm³/mol. The first-order valence-electron chi connectivity index (χ1n) is 5.10. The number of hydrogen-bond acceptors (Lipinski definition) is 2. The molecule has 0 radical (unpaired) electrons. The van der Waals surface area contributed by atoms with Gasteiger partial charge in [-0.3, -0.25) is 0 Å². The fraction of sp³-hybridized carbons (Fsp3) is 0.636. The molecule has 2 aliphatic carbocycles. The van der Waals surface area contributed by atoms with Gasteiger partial charge in [-0.2, -0.15) is 0 Å². The van der Waals surface area contributed by atoms with Crippen molar-refractivity contribution in [3.05, 3.63) is 22.8 Å². The molecule has 0 amide bonds. The van der Waals surface area contributed by atoms with E-state index >= 15 is 0 Å². The molecule has 3 rings (SSSR count). The van der Waals surface area contributed by atoms with Crippen LogP contribution in [0, 0.1) is 13.8 Å². The lowest BCUT2D eigenvalue weighted by Crippen LogP contribution is -2.07. The van der Waals surface area contributed by atoms with Crippen LogP contribution in [0.4, 0.5) is 0 Å². The zero-order chi connectivity index (χ0) is 9.00. The van der Waals surface area contributed by atoms with Crippen LogP contribution in [-0.4, -0.2) is 9.97 Å². The summed E-state index contributed by atoms with van der Waals surface area (Å²) in [5.41, 5.74) is 4.10. The first kappa shape index (κ1) is 7.48. The van der Waals surface area contributed by atoms with Gasteiger partial charge >= 0.3 is 0 Å². The van der Waals surface area contributed by atoms with E-state index in [1.807, 2.05) is 6.92 Å². The standard InChI is InChI=1S/C11H14N2/c1-6-10-8-3-4-9(5-8)11(10)13-7(2)12-6/h8-9H,3-5H2,1-2H3/t8-,9+/m0/s1. The minimum Gasteiger partial charge on any atom is -0.238 e. The summed E-state index contributed by atoms with van der Waals surface area (Å²) in [6.45, 7) is 4.13. The Balaban J connectivity index is 2.26. The third kappa shape index (κ3) is 0.888. The second-order valence-corrected chi connectivity index (χ2v) is 4.36. The van der Waals surface area contributed by atoms with E-state index < -0.39 is 0 Å². The lowest BCUT2D eigenvalue weighted by Gasteiger charge is -2.15. The molecule has 1 fully saturated rings. The van der Waals surface area contributed by atoms with Crippen LogP contribution in [0.2, 0.25) is 0 Å². The Morgan fingerprint density at radius 1 is 1.08 bits per heavy atom. The first-order chi connectivity index (χ1) is 6.25. The predicted octanol–water partition coefficient (Wildman–Crippen LogP) is 2.46. The van der Waals surface area contributed by atoms with E-state index in [-0.39, 0.29) is 0 Å². The first-order valence-corrected chi connectivity index (χ1v) is 5.10. The van der Waals surface area contributed by atoms with E-state index in [4.69, 9.17) is 0 Å². The Labute approximate surface area is 78.4 Å². The molecule has 13 heavy (non-hydrogen) atoms. The van der Waals surface area contributed by atoms with Gasteiger partial charge in [0.1, 0.15) is 5.82 Å². The summed E-state index contributed by atoms with van der Waals surface area (Å²) in [6.07, 6.45) is 4.06. The van der Waals surface area contributed by atoms with Crippen LogP contribution in [0.5, 0.6) is 0 Å². The van der Waals surface area contributed by atoms with E-state index in [0.29, 0.717) is 0 Å². The second kappa shape index (κ2) is 2.31. The fourth-order valence-corrected chi connectivity index (χ4v) is 3.06. The summed E-state index contributed by atoms with van der Waals surface area (Å²) >= 11 is 0. The Morgan fingerprint density at radius 3 is 2.69 bits per heavy atom. The maximum atomic E-state index is 4.59. The van der Waals surface area contributed by atoms with Gasteiger partial charge in [-0.1, -0.05) is 0 Å².